The first kappa shape index (κ1) is 17.8. The van der Waals surface area contributed by atoms with Gasteiger partial charge in [-0.3, -0.25) is 9.59 Å². The van der Waals surface area contributed by atoms with Gasteiger partial charge in [-0.25, -0.2) is 0 Å². The molecule has 4 rings (SSSR count). The van der Waals surface area contributed by atoms with Gasteiger partial charge in [-0.15, -0.1) is 0 Å². The molecular formula is C23H20N2O3. The zero-order chi connectivity index (χ0) is 19.7. The Kier molecular flexibility index (Phi) is 4.57. The Labute approximate surface area is 162 Å². The highest BCUT2D eigenvalue weighted by Gasteiger charge is 2.16. The second-order valence-electron chi connectivity index (χ2n) is 6.91. The number of carbonyl (C=O) groups excluding carboxylic acids is 2. The molecular weight excluding hydrogens is 352 g/mol. The third kappa shape index (κ3) is 3.34. The van der Waals surface area contributed by atoms with Crippen LogP contribution in [0.5, 0.6) is 0 Å². The molecule has 0 spiro atoms. The third-order valence-electron chi connectivity index (χ3n) is 4.94. The quantitative estimate of drug-likeness (QED) is 0.577. The fourth-order valence-electron chi connectivity index (χ4n) is 3.49. The first-order valence-corrected chi connectivity index (χ1v) is 9.03. The van der Waals surface area contributed by atoms with E-state index in [-0.39, 0.29) is 12.3 Å². The number of amides is 2. The minimum atomic E-state index is -0.479. The molecule has 0 aliphatic rings. The molecule has 140 valence electrons. The highest BCUT2D eigenvalue weighted by atomic mass is 16.3. The summed E-state index contributed by atoms with van der Waals surface area (Å²) in [6.07, 6.45) is 1.91. The van der Waals surface area contributed by atoms with Crippen molar-refractivity contribution in [2.75, 3.05) is 7.05 Å². The van der Waals surface area contributed by atoms with Gasteiger partial charge in [-0.05, 0) is 34.5 Å². The van der Waals surface area contributed by atoms with Crippen LogP contribution in [0, 0.1) is 0 Å². The van der Waals surface area contributed by atoms with Crippen molar-refractivity contribution in [1.82, 2.24) is 4.90 Å². The lowest BCUT2D eigenvalue weighted by atomic mass is 10.0. The molecule has 3 aromatic carbocycles. The molecule has 0 bridgehead atoms. The van der Waals surface area contributed by atoms with E-state index < -0.39 is 5.91 Å². The van der Waals surface area contributed by atoms with Gasteiger partial charge in [0.2, 0.25) is 11.8 Å². The average molecular weight is 372 g/mol. The number of rotatable bonds is 5. The number of furan rings is 1. The average Bonchev–Trinajstić information content (AvgIpc) is 3.11. The molecule has 5 heteroatoms. The Morgan fingerprint density at radius 3 is 2.68 bits per heavy atom. The molecule has 1 heterocycles. The van der Waals surface area contributed by atoms with Crippen molar-refractivity contribution in [3.05, 3.63) is 83.6 Å². The SMILES string of the molecule is CN(Cc1cccc(C(N)=O)c1)C(=O)Cc1coc2ccc3ccccc3c12. The van der Waals surface area contributed by atoms with E-state index in [0.29, 0.717) is 12.1 Å². The topological polar surface area (TPSA) is 76.5 Å². The second kappa shape index (κ2) is 7.19. The van der Waals surface area contributed by atoms with Gasteiger partial charge in [0.25, 0.3) is 0 Å². The van der Waals surface area contributed by atoms with Gasteiger partial charge in [0.05, 0.1) is 12.7 Å². The van der Waals surface area contributed by atoms with E-state index in [1.54, 1.807) is 36.4 Å². The zero-order valence-corrected chi connectivity index (χ0v) is 15.5. The summed E-state index contributed by atoms with van der Waals surface area (Å²) >= 11 is 0. The number of likely N-dealkylation sites (N-methyl/N-ethyl adjacent to an activating group) is 1. The van der Waals surface area contributed by atoms with E-state index >= 15 is 0 Å². The molecule has 2 N–H and O–H groups in total. The van der Waals surface area contributed by atoms with Gasteiger partial charge in [0.15, 0.2) is 0 Å². The van der Waals surface area contributed by atoms with E-state index in [1.165, 1.54) is 0 Å². The Hall–Kier alpha value is -3.60. The summed E-state index contributed by atoms with van der Waals surface area (Å²) in [5.74, 6) is -0.507. The second-order valence-corrected chi connectivity index (χ2v) is 6.91. The van der Waals surface area contributed by atoms with Crippen molar-refractivity contribution in [3.8, 4) is 0 Å². The molecule has 28 heavy (non-hydrogen) atoms. The van der Waals surface area contributed by atoms with Crippen LogP contribution in [0.15, 0.2) is 71.3 Å². The minimum Gasteiger partial charge on any atom is -0.464 e. The highest BCUT2D eigenvalue weighted by molar-refractivity contribution is 6.08. The standard InChI is InChI=1S/C23H20N2O3/c1-25(13-15-5-4-7-17(11-15)23(24)27)21(26)12-18-14-28-20-10-9-16-6-2-3-8-19(16)22(18)20/h2-11,14H,12-13H2,1H3,(H2,24,27). The van der Waals surface area contributed by atoms with Gasteiger partial charge in [-0.1, -0.05) is 42.5 Å². The van der Waals surface area contributed by atoms with Crippen LogP contribution in [-0.4, -0.2) is 23.8 Å². The molecule has 0 saturated carbocycles. The Balaban J connectivity index is 1.57. The summed E-state index contributed by atoms with van der Waals surface area (Å²) in [6.45, 7) is 0.399. The normalized spacial score (nSPS) is 11.0. The lowest BCUT2D eigenvalue weighted by molar-refractivity contribution is -0.129. The van der Waals surface area contributed by atoms with Crippen molar-refractivity contribution in [1.29, 1.82) is 0 Å². The molecule has 2 amide bonds. The van der Waals surface area contributed by atoms with Crippen LogP contribution in [0.4, 0.5) is 0 Å². The summed E-state index contributed by atoms with van der Waals surface area (Å²) in [7, 11) is 1.75. The van der Waals surface area contributed by atoms with E-state index in [9.17, 15) is 9.59 Å². The van der Waals surface area contributed by atoms with Gasteiger partial charge in [-0.2, -0.15) is 0 Å². The fourth-order valence-corrected chi connectivity index (χ4v) is 3.49. The maximum Gasteiger partial charge on any atom is 0.248 e. The zero-order valence-electron chi connectivity index (χ0n) is 15.5. The molecule has 0 aliphatic heterocycles. The maximum absolute atomic E-state index is 12.8. The van der Waals surface area contributed by atoms with Crippen molar-refractivity contribution in [2.45, 2.75) is 13.0 Å². The first-order chi connectivity index (χ1) is 13.5. The number of primary amides is 1. The monoisotopic (exact) mass is 372 g/mol. The Morgan fingerprint density at radius 2 is 1.86 bits per heavy atom. The van der Waals surface area contributed by atoms with Crippen molar-refractivity contribution >= 4 is 33.6 Å². The predicted octanol–water partition coefficient (Wildman–Crippen LogP) is 3.89. The van der Waals surface area contributed by atoms with Crippen LogP contribution in [0.3, 0.4) is 0 Å². The molecule has 0 saturated heterocycles. The number of benzene rings is 3. The van der Waals surface area contributed by atoms with Crippen LogP contribution in [-0.2, 0) is 17.8 Å². The van der Waals surface area contributed by atoms with E-state index in [2.05, 4.69) is 0 Å². The lowest BCUT2D eigenvalue weighted by Gasteiger charge is -2.17. The summed E-state index contributed by atoms with van der Waals surface area (Å²) in [5.41, 5.74) is 8.27. The molecule has 0 fully saturated rings. The smallest absolute Gasteiger partial charge is 0.248 e. The Bertz CT molecular complexity index is 1190. The number of hydrogen-bond acceptors (Lipinski definition) is 3. The summed E-state index contributed by atoms with van der Waals surface area (Å²) in [4.78, 5) is 25.8. The summed E-state index contributed by atoms with van der Waals surface area (Å²) in [6, 6.07) is 19.0. The number of fused-ring (bicyclic) bond motifs is 3. The van der Waals surface area contributed by atoms with E-state index in [1.807, 2.05) is 42.5 Å². The van der Waals surface area contributed by atoms with Crippen molar-refractivity contribution in [3.63, 3.8) is 0 Å². The maximum atomic E-state index is 12.8. The molecule has 0 aliphatic carbocycles. The molecule has 0 atom stereocenters. The largest absolute Gasteiger partial charge is 0.464 e. The van der Waals surface area contributed by atoms with E-state index in [4.69, 9.17) is 10.2 Å². The third-order valence-corrected chi connectivity index (χ3v) is 4.94. The van der Waals surface area contributed by atoms with Gasteiger partial charge >= 0.3 is 0 Å². The van der Waals surface area contributed by atoms with Gasteiger partial charge in [0, 0.05) is 30.1 Å². The summed E-state index contributed by atoms with van der Waals surface area (Å²) in [5, 5.41) is 3.17. The number of nitrogens with zero attached hydrogens (tertiary/aromatic N) is 1. The van der Waals surface area contributed by atoms with Crippen molar-refractivity contribution in [2.24, 2.45) is 5.73 Å². The lowest BCUT2D eigenvalue weighted by Crippen LogP contribution is -2.27. The molecule has 5 nitrogen and oxygen atoms in total. The first-order valence-electron chi connectivity index (χ1n) is 9.03. The molecule has 1 aromatic heterocycles. The van der Waals surface area contributed by atoms with Gasteiger partial charge in [0.1, 0.15) is 5.58 Å². The van der Waals surface area contributed by atoms with E-state index in [0.717, 1.165) is 32.9 Å². The molecule has 4 aromatic rings. The molecule has 0 unspecified atom stereocenters. The van der Waals surface area contributed by atoms with Crippen LogP contribution >= 0.6 is 0 Å². The van der Waals surface area contributed by atoms with Crippen LogP contribution in [0.25, 0.3) is 21.7 Å². The number of hydrogen-bond donors (Lipinski definition) is 1. The number of nitrogens with two attached hydrogens (primary N) is 1. The van der Waals surface area contributed by atoms with Crippen LogP contribution < -0.4 is 5.73 Å². The fraction of sp³-hybridized carbons (Fsp3) is 0.130. The van der Waals surface area contributed by atoms with Crippen molar-refractivity contribution < 1.29 is 14.0 Å². The summed E-state index contributed by atoms with van der Waals surface area (Å²) < 4.78 is 5.68. The Morgan fingerprint density at radius 1 is 1.04 bits per heavy atom. The number of carbonyl (C=O) groups is 2. The highest BCUT2D eigenvalue weighted by Crippen LogP contribution is 2.30. The van der Waals surface area contributed by atoms with Gasteiger partial charge < -0.3 is 15.1 Å². The predicted molar refractivity (Wildman–Crippen MR) is 109 cm³/mol. The van der Waals surface area contributed by atoms with Crippen LogP contribution in [0.1, 0.15) is 21.5 Å². The molecule has 0 radical (unpaired) electrons. The van der Waals surface area contributed by atoms with Crippen LogP contribution in [0.2, 0.25) is 0 Å². The minimum absolute atomic E-state index is 0.0277.